The Bertz CT molecular complexity index is 760. The lowest BCUT2D eigenvalue weighted by molar-refractivity contribution is -0.132. The maximum atomic E-state index is 12.5. The van der Waals surface area contributed by atoms with Gasteiger partial charge in [-0.25, -0.2) is 4.98 Å². The van der Waals surface area contributed by atoms with Gasteiger partial charge in [-0.2, -0.15) is 0 Å². The highest BCUT2D eigenvalue weighted by Gasteiger charge is 2.22. The second-order valence-corrected chi connectivity index (χ2v) is 7.84. The summed E-state index contributed by atoms with van der Waals surface area (Å²) in [4.78, 5) is 32.7. The molecule has 6 nitrogen and oxygen atoms in total. The number of hydrogen-bond donors (Lipinski definition) is 0. The van der Waals surface area contributed by atoms with E-state index in [9.17, 15) is 9.59 Å². The molecule has 0 radical (unpaired) electrons. The highest BCUT2D eigenvalue weighted by molar-refractivity contribution is 14.1. The van der Waals surface area contributed by atoms with E-state index in [-0.39, 0.29) is 17.9 Å². The monoisotopic (exact) mass is 550 g/mol. The molecule has 3 heterocycles. The molecule has 0 aromatic carbocycles. The molecule has 8 heteroatoms. The molecule has 0 spiro atoms. The molecule has 2 aromatic rings. The van der Waals surface area contributed by atoms with Gasteiger partial charge in [0.15, 0.2) is 0 Å². The molecule has 24 heavy (non-hydrogen) atoms. The van der Waals surface area contributed by atoms with E-state index >= 15 is 0 Å². The fraction of sp³-hybridized carbons (Fsp3) is 0.312. The van der Waals surface area contributed by atoms with E-state index in [1.807, 2.05) is 68.3 Å². The quantitative estimate of drug-likeness (QED) is 0.548. The van der Waals surface area contributed by atoms with Gasteiger partial charge in [-0.05, 0) is 57.3 Å². The molecule has 3 rings (SSSR count). The molecule has 1 aliphatic rings. The molecule has 0 unspecified atom stereocenters. The molecular weight excluding hydrogens is 534 g/mol. The zero-order valence-electron chi connectivity index (χ0n) is 12.9. The molecule has 0 aliphatic carbocycles. The van der Waals surface area contributed by atoms with Crippen LogP contribution in [0.4, 0.5) is 5.82 Å². The summed E-state index contributed by atoms with van der Waals surface area (Å²) in [5.74, 6) is 1.03. The zero-order valence-corrected chi connectivity index (χ0v) is 17.2. The van der Waals surface area contributed by atoms with Crippen LogP contribution in [-0.2, 0) is 11.3 Å². The number of rotatable bonds is 3. The summed E-state index contributed by atoms with van der Waals surface area (Å²) in [7, 11) is 0. The van der Waals surface area contributed by atoms with Crippen LogP contribution in [0, 0.1) is 7.14 Å². The fourth-order valence-corrected chi connectivity index (χ4v) is 4.45. The Hall–Kier alpha value is -1.17. The van der Waals surface area contributed by atoms with Gasteiger partial charge in [-0.1, -0.05) is 6.07 Å². The van der Waals surface area contributed by atoms with Gasteiger partial charge in [-0.15, -0.1) is 0 Å². The van der Waals surface area contributed by atoms with Crippen molar-refractivity contribution in [3.05, 3.63) is 54.2 Å². The van der Waals surface area contributed by atoms with Gasteiger partial charge in [0, 0.05) is 44.8 Å². The van der Waals surface area contributed by atoms with Crippen LogP contribution in [0.2, 0.25) is 0 Å². The van der Waals surface area contributed by atoms with E-state index in [1.165, 1.54) is 0 Å². The maximum Gasteiger partial charge on any atom is 0.242 e. The highest BCUT2D eigenvalue weighted by Crippen LogP contribution is 2.13. The Morgan fingerprint density at radius 2 is 1.75 bits per heavy atom. The van der Waals surface area contributed by atoms with Crippen molar-refractivity contribution < 1.29 is 4.79 Å². The van der Waals surface area contributed by atoms with Crippen molar-refractivity contribution in [3.8, 4) is 0 Å². The zero-order chi connectivity index (χ0) is 17.1. The minimum atomic E-state index is 0.0175. The van der Waals surface area contributed by atoms with Gasteiger partial charge in [0.05, 0.1) is 7.14 Å². The van der Waals surface area contributed by atoms with Gasteiger partial charge in [0.25, 0.3) is 0 Å². The van der Waals surface area contributed by atoms with Crippen LogP contribution in [0.1, 0.15) is 0 Å². The lowest BCUT2D eigenvalue weighted by Crippen LogP contribution is -2.49. The van der Waals surface area contributed by atoms with Gasteiger partial charge in [-0.3, -0.25) is 9.59 Å². The van der Waals surface area contributed by atoms with Crippen molar-refractivity contribution in [2.45, 2.75) is 6.54 Å². The van der Waals surface area contributed by atoms with Crippen LogP contribution in [-0.4, -0.2) is 46.5 Å². The molecule has 0 atom stereocenters. The number of halogens is 2. The maximum absolute atomic E-state index is 12.5. The van der Waals surface area contributed by atoms with Gasteiger partial charge < -0.3 is 14.4 Å². The van der Waals surface area contributed by atoms with Crippen molar-refractivity contribution in [1.82, 2.24) is 14.5 Å². The molecule has 1 saturated heterocycles. The SMILES string of the molecule is O=C(Cn1cc(I)c(=O)c(I)c1)N1CCN(c2ccccn2)CC1. The van der Waals surface area contributed by atoms with E-state index in [1.54, 1.807) is 23.2 Å². The van der Waals surface area contributed by atoms with Crippen LogP contribution >= 0.6 is 45.2 Å². The number of piperazine rings is 1. The Morgan fingerprint density at radius 3 is 2.33 bits per heavy atom. The minimum absolute atomic E-state index is 0.0175. The van der Waals surface area contributed by atoms with Crippen LogP contribution in [0.5, 0.6) is 0 Å². The molecule has 0 N–H and O–H groups in total. The number of carbonyl (C=O) groups excluding carboxylic acids is 1. The van der Waals surface area contributed by atoms with Crippen molar-refractivity contribution >= 4 is 56.9 Å². The van der Waals surface area contributed by atoms with E-state index < -0.39 is 0 Å². The van der Waals surface area contributed by atoms with Crippen molar-refractivity contribution in [2.24, 2.45) is 0 Å². The van der Waals surface area contributed by atoms with Crippen molar-refractivity contribution in [3.63, 3.8) is 0 Å². The van der Waals surface area contributed by atoms with Crippen LogP contribution in [0.15, 0.2) is 41.6 Å². The molecule has 2 aromatic heterocycles. The average Bonchev–Trinajstić information content (AvgIpc) is 2.60. The third-order valence-corrected chi connectivity index (χ3v) is 5.45. The summed E-state index contributed by atoms with van der Waals surface area (Å²) < 4.78 is 3.05. The van der Waals surface area contributed by atoms with Crippen LogP contribution < -0.4 is 10.3 Å². The number of anilines is 1. The van der Waals surface area contributed by atoms with Crippen LogP contribution in [0.3, 0.4) is 0 Å². The second-order valence-electron chi connectivity index (χ2n) is 5.51. The van der Waals surface area contributed by atoms with Crippen molar-refractivity contribution in [1.29, 1.82) is 0 Å². The normalized spacial score (nSPS) is 14.8. The van der Waals surface area contributed by atoms with Gasteiger partial charge >= 0.3 is 0 Å². The van der Waals surface area contributed by atoms with E-state index in [2.05, 4.69) is 9.88 Å². The summed E-state index contributed by atoms with van der Waals surface area (Å²) in [5, 5.41) is 0. The second kappa shape index (κ2) is 7.81. The van der Waals surface area contributed by atoms with Crippen molar-refractivity contribution in [2.75, 3.05) is 31.1 Å². The first-order chi connectivity index (χ1) is 11.5. The predicted molar refractivity (Wildman–Crippen MR) is 109 cm³/mol. The van der Waals surface area contributed by atoms with Gasteiger partial charge in [0.1, 0.15) is 12.4 Å². The van der Waals surface area contributed by atoms with Crippen LogP contribution in [0.25, 0.3) is 0 Å². The topological polar surface area (TPSA) is 58.4 Å². The Labute approximate surface area is 167 Å². The van der Waals surface area contributed by atoms with E-state index in [0.29, 0.717) is 20.2 Å². The number of pyridine rings is 2. The van der Waals surface area contributed by atoms with Gasteiger partial charge in [0.2, 0.25) is 11.3 Å². The smallest absolute Gasteiger partial charge is 0.242 e. The highest BCUT2D eigenvalue weighted by atomic mass is 127. The molecule has 1 aliphatic heterocycles. The third-order valence-electron chi connectivity index (χ3n) is 3.92. The Kier molecular flexibility index (Phi) is 5.74. The first-order valence-electron chi connectivity index (χ1n) is 7.53. The number of aromatic nitrogens is 2. The molecule has 0 saturated carbocycles. The predicted octanol–water partition coefficient (Wildman–Crippen LogP) is 1.80. The Morgan fingerprint density at radius 1 is 1.08 bits per heavy atom. The van der Waals surface area contributed by atoms with E-state index in [0.717, 1.165) is 18.9 Å². The number of hydrogen-bond acceptors (Lipinski definition) is 4. The third kappa shape index (κ3) is 4.08. The molecular formula is C16H16I2N4O2. The lowest BCUT2D eigenvalue weighted by Gasteiger charge is -2.35. The minimum Gasteiger partial charge on any atom is -0.353 e. The first-order valence-corrected chi connectivity index (χ1v) is 9.69. The first kappa shape index (κ1) is 17.6. The molecule has 1 amide bonds. The summed E-state index contributed by atoms with van der Waals surface area (Å²) in [6, 6.07) is 5.86. The van der Waals surface area contributed by atoms with E-state index in [4.69, 9.17) is 0 Å². The average molecular weight is 550 g/mol. The summed E-state index contributed by atoms with van der Waals surface area (Å²) in [5.41, 5.74) is 0.0175. The molecule has 1 fully saturated rings. The molecule has 0 bridgehead atoms. The standard InChI is InChI=1S/C16H16I2N4O2/c17-12-9-20(10-13(18)16(12)24)11-15(23)22-7-5-21(6-8-22)14-3-1-2-4-19-14/h1-4,9-10H,5-8,11H2. The number of carbonyl (C=O) groups is 1. The summed E-state index contributed by atoms with van der Waals surface area (Å²) in [6.45, 7) is 3.19. The Balaban J connectivity index is 1.60. The fourth-order valence-electron chi connectivity index (χ4n) is 2.63. The summed E-state index contributed by atoms with van der Waals surface area (Å²) >= 11 is 4.02. The lowest BCUT2D eigenvalue weighted by atomic mass is 10.3. The molecule has 126 valence electrons. The number of amides is 1. The largest absolute Gasteiger partial charge is 0.353 e. The summed E-state index contributed by atoms with van der Waals surface area (Å²) in [6.07, 6.45) is 5.24. The number of nitrogens with zero attached hydrogens (tertiary/aromatic N) is 4.